The minimum Gasteiger partial charge on any atom is -0.394 e. The number of rotatable bonds is 5. The van der Waals surface area contributed by atoms with Crippen molar-refractivity contribution >= 4 is 21.8 Å². The molecule has 0 aliphatic rings. The van der Waals surface area contributed by atoms with Gasteiger partial charge in [0.15, 0.2) is 0 Å². The van der Waals surface area contributed by atoms with Gasteiger partial charge in [0.1, 0.15) is 5.69 Å². The van der Waals surface area contributed by atoms with Gasteiger partial charge in [0, 0.05) is 23.3 Å². The van der Waals surface area contributed by atoms with E-state index < -0.39 is 0 Å². The number of halogens is 1. The molecular weight excluding hydrogens is 272 g/mol. The summed E-state index contributed by atoms with van der Waals surface area (Å²) in [6.45, 7) is 4.58. The molecule has 0 radical (unpaired) electrons. The van der Waals surface area contributed by atoms with Crippen molar-refractivity contribution < 1.29 is 9.90 Å². The zero-order valence-electron chi connectivity index (χ0n) is 9.53. The Morgan fingerprint density at radius 1 is 1.69 bits per heavy atom. The van der Waals surface area contributed by atoms with Gasteiger partial charge in [0.25, 0.3) is 5.91 Å². The maximum atomic E-state index is 11.9. The van der Waals surface area contributed by atoms with E-state index in [2.05, 4.69) is 28.2 Å². The van der Waals surface area contributed by atoms with Crippen molar-refractivity contribution in [3.8, 4) is 0 Å². The molecule has 0 aliphatic carbocycles. The molecule has 0 spiro atoms. The lowest BCUT2D eigenvalue weighted by Crippen LogP contribution is -2.36. The summed E-state index contributed by atoms with van der Waals surface area (Å²) in [7, 11) is 0. The molecule has 2 N–H and O–H groups in total. The highest BCUT2D eigenvalue weighted by molar-refractivity contribution is 9.10. The lowest BCUT2D eigenvalue weighted by atomic mass is 10.3. The van der Waals surface area contributed by atoms with Crippen LogP contribution in [-0.2, 0) is 6.54 Å². The third-order valence-corrected chi connectivity index (χ3v) is 2.65. The standard InChI is InChI=1S/C11H17BrN2O2/c1-3-4-14-6-9(12)5-10(14)11(16)13-8(2)7-15/h5-6,8,15H,3-4,7H2,1-2H3,(H,13,16). The maximum absolute atomic E-state index is 11.9. The van der Waals surface area contributed by atoms with Crippen molar-refractivity contribution in [3.63, 3.8) is 0 Å². The highest BCUT2D eigenvalue weighted by atomic mass is 79.9. The first-order chi connectivity index (χ1) is 7.58. The number of aliphatic hydroxyl groups is 1. The number of aliphatic hydroxyl groups excluding tert-OH is 1. The lowest BCUT2D eigenvalue weighted by Gasteiger charge is -2.12. The number of aryl methyl sites for hydroxylation is 1. The first kappa shape index (κ1) is 13.3. The molecule has 0 aliphatic heterocycles. The maximum Gasteiger partial charge on any atom is 0.268 e. The Morgan fingerprint density at radius 2 is 2.38 bits per heavy atom. The van der Waals surface area contributed by atoms with Crippen molar-refractivity contribution in [2.75, 3.05) is 6.61 Å². The molecule has 5 heteroatoms. The van der Waals surface area contributed by atoms with Gasteiger partial charge in [0.2, 0.25) is 0 Å². The molecule has 1 rings (SSSR count). The number of carbonyl (C=O) groups is 1. The molecular formula is C11H17BrN2O2. The van der Waals surface area contributed by atoms with E-state index >= 15 is 0 Å². The quantitative estimate of drug-likeness (QED) is 0.868. The van der Waals surface area contributed by atoms with Gasteiger partial charge >= 0.3 is 0 Å². The molecule has 0 bridgehead atoms. The second-order valence-corrected chi connectivity index (χ2v) is 4.71. The zero-order valence-corrected chi connectivity index (χ0v) is 11.1. The van der Waals surface area contributed by atoms with Gasteiger partial charge in [-0.15, -0.1) is 0 Å². The number of aromatic nitrogens is 1. The van der Waals surface area contributed by atoms with E-state index in [4.69, 9.17) is 5.11 Å². The van der Waals surface area contributed by atoms with Crippen molar-refractivity contribution in [1.29, 1.82) is 0 Å². The van der Waals surface area contributed by atoms with Crippen LogP contribution in [0.3, 0.4) is 0 Å². The summed E-state index contributed by atoms with van der Waals surface area (Å²) in [6.07, 6.45) is 2.86. The second kappa shape index (κ2) is 6.06. The van der Waals surface area contributed by atoms with Crippen LogP contribution in [0.5, 0.6) is 0 Å². The molecule has 90 valence electrons. The summed E-state index contributed by atoms with van der Waals surface area (Å²) >= 11 is 3.35. The number of carbonyl (C=O) groups excluding carboxylic acids is 1. The predicted octanol–water partition coefficient (Wildman–Crippen LogP) is 1.77. The summed E-state index contributed by atoms with van der Waals surface area (Å²) in [4.78, 5) is 11.9. The van der Waals surface area contributed by atoms with Crippen molar-refractivity contribution in [2.45, 2.75) is 32.9 Å². The molecule has 1 heterocycles. The van der Waals surface area contributed by atoms with E-state index in [9.17, 15) is 4.79 Å². The fraction of sp³-hybridized carbons (Fsp3) is 0.545. The second-order valence-electron chi connectivity index (χ2n) is 3.79. The molecule has 16 heavy (non-hydrogen) atoms. The molecule has 1 atom stereocenters. The van der Waals surface area contributed by atoms with Gasteiger partial charge in [0.05, 0.1) is 6.61 Å². The Bertz CT molecular complexity index is 363. The summed E-state index contributed by atoms with van der Waals surface area (Å²) in [6, 6.07) is 1.56. The highest BCUT2D eigenvalue weighted by Crippen LogP contribution is 2.15. The van der Waals surface area contributed by atoms with E-state index in [0.29, 0.717) is 5.69 Å². The number of nitrogens with zero attached hydrogens (tertiary/aromatic N) is 1. The fourth-order valence-corrected chi connectivity index (χ4v) is 1.90. The lowest BCUT2D eigenvalue weighted by molar-refractivity contribution is 0.0913. The molecule has 0 fully saturated rings. The minimum absolute atomic E-state index is 0.0542. The van der Waals surface area contributed by atoms with Gasteiger partial charge in [-0.25, -0.2) is 0 Å². The van der Waals surface area contributed by atoms with Crippen LogP contribution < -0.4 is 5.32 Å². The predicted molar refractivity (Wildman–Crippen MR) is 66.4 cm³/mol. The highest BCUT2D eigenvalue weighted by Gasteiger charge is 2.14. The Kier molecular flexibility index (Phi) is 5.02. The number of hydrogen-bond donors (Lipinski definition) is 2. The Morgan fingerprint density at radius 3 is 2.94 bits per heavy atom. The topological polar surface area (TPSA) is 54.3 Å². The normalized spacial score (nSPS) is 12.5. The fourth-order valence-electron chi connectivity index (χ4n) is 1.43. The molecule has 4 nitrogen and oxygen atoms in total. The molecule has 1 amide bonds. The Hall–Kier alpha value is -0.810. The molecule has 1 unspecified atom stereocenters. The van der Waals surface area contributed by atoms with Crippen LogP contribution in [0, 0.1) is 0 Å². The average molecular weight is 289 g/mol. The first-order valence-electron chi connectivity index (χ1n) is 5.35. The van der Waals surface area contributed by atoms with Gasteiger partial charge < -0.3 is 15.0 Å². The SMILES string of the molecule is CCCn1cc(Br)cc1C(=O)NC(C)CO. The van der Waals surface area contributed by atoms with Crippen LogP contribution in [-0.4, -0.2) is 28.2 Å². The van der Waals surface area contributed by atoms with Gasteiger partial charge in [-0.3, -0.25) is 4.79 Å². The Labute approximate surface area is 104 Å². The summed E-state index contributed by atoms with van der Waals surface area (Å²) in [5.74, 6) is -0.152. The van der Waals surface area contributed by atoms with Crippen molar-refractivity contribution in [2.24, 2.45) is 0 Å². The third kappa shape index (κ3) is 3.35. The van der Waals surface area contributed by atoms with Crippen LogP contribution in [0.1, 0.15) is 30.8 Å². The zero-order chi connectivity index (χ0) is 12.1. The van der Waals surface area contributed by atoms with Crippen LogP contribution in [0.25, 0.3) is 0 Å². The monoisotopic (exact) mass is 288 g/mol. The van der Waals surface area contributed by atoms with E-state index in [0.717, 1.165) is 17.4 Å². The number of nitrogens with one attached hydrogen (secondary N) is 1. The van der Waals surface area contributed by atoms with E-state index in [1.807, 2.05) is 10.8 Å². The van der Waals surface area contributed by atoms with E-state index in [1.165, 1.54) is 0 Å². The van der Waals surface area contributed by atoms with Crippen LogP contribution in [0.2, 0.25) is 0 Å². The Balaban J connectivity index is 2.81. The molecule has 1 aromatic heterocycles. The molecule has 0 aromatic carbocycles. The molecule has 1 aromatic rings. The first-order valence-corrected chi connectivity index (χ1v) is 6.15. The van der Waals surface area contributed by atoms with E-state index in [1.54, 1.807) is 13.0 Å². The van der Waals surface area contributed by atoms with Crippen molar-refractivity contribution in [1.82, 2.24) is 9.88 Å². The number of amides is 1. The van der Waals surface area contributed by atoms with Gasteiger partial charge in [-0.2, -0.15) is 0 Å². The van der Waals surface area contributed by atoms with Crippen LogP contribution in [0.4, 0.5) is 0 Å². The molecule has 0 saturated heterocycles. The number of hydrogen-bond acceptors (Lipinski definition) is 2. The van der Waals surface area contributed by atoms with Gasteiger partial charge in [-0.1, -0.05) is 6.92 Å². The smallest absolute Gasteiger partial charge is 0.268 e. The largest absolute Gasteiger partial charge is 0.394 e. The average Bonchev–Trinajstić information content (AvgIpc) is 2.60. The van der Waals surface area contributed by atoms with Crippen LogP contribution >= 0.6 is 15.9 Å². The summed E-state index contributed by atoms with van der Waals surface area (Å²) in [5, 5.41) is 11.6. The summed E-state index contributed by atoms with van der Waals surface area (Å²) < 4.78 is 2.80. The van der Waals surface area contributed by atoms with Crippen molar-refractivity contribution in [3.05, 3.63) is 22.4 Å². The van der Waals surface area contributed by atoms with Crippen LogP contribution in [0.15, 0.2) is 16.7 Å². The summed E-state index contributed by atoms with van der Waals surface area (Å²) in [5.41, 5.74) is 0.619. The third-order valence-electron chi connectivity index (χ3n) is 2.21. The molecule has 0 saturated carbocycles. The van der Waals surface area contributed by atoms with Gasteiger partial charge in [-0.05, 0) is 35.3 Å². The van der Waals surface area contributed by atoms with E-state index in [-0.39, 0.29) is 18.6 Å². The minimum atomic E-state index is -0.226.